The van der Waals surface area contributed by atoms with Crippen LogP contribution in [0.5, 0.6) is 0 Å². The number of hydrogen-bond donors (Lipinski definition) is 4. The van der Waals surface area contributed by atoms with E-state index in [4.69, 9.17) is 32.9 Å². The zero-order chi connectivity index (χ0) is 32.2. The van der Waals surface area contributed by atoms with E-state index >= 15 is 0 Å². The van der Waals surface area contributed by atoms with Gasteiger partial charge in [0.15, 0.2) is 0 Å². The molecule has 0 saturated carbocycles. The van der Waals surface area contributed by atoms with Crippen LogP contribution in [0.15, 0.2) is 73.1 Å². The molecule has 4 N–H and O–H groups in total. The van der Waals surface area contributed by atoms with Gasteiger partial charge in [0.25, 0.3) is 5.91 Å². The number of carbonyl (C=O) groups excluding carboxylic acids is 3. The van der Waals surface area contributed by atoms with Crippen LogP contribution in [0.3, 0.4) is 0 Å². The summed E-state index contributed by atoms with van der Waals surface area (Å²) in [6, 6.07) is 16.7. The van der Waals surface area contributed by atoms with Gasteiger partial charge in [0.1, 0.15) is 23.0 Å². The zero-order valence-corrected chi connectivity index (χ0v) is 25.6. The number of imidazole rings is 1. The Morgan fingerprint density at radius 2 is 1.98 bits per heavy atom. The molecule has 1 aliphatic rings. The molecule has 46 heavy (non-hydrogen) atoms. The lowest BCUT2D eigenvalue weighted by molar-refractivity contribution is -0.117. The molecule has 0 unspecified atom stereocenters. The van der Waals surface area contributed by atoms with E-state index in [0.29, 0.717) is 56.6 Å². The number of carbonyl (C=O) groups is 3. The number of rotatable bonds is 5. The van der Waals surface area contributed by atoms with Crippen LogP contribution in [0.25, 0.3) is 23.0 Å². The first kappa shape index (κ1) is 30.5. The highest BCUT2D eigenvalue weighted by Gasteiger charge is 2.24. The van der Waals surface area contributed by atoms with Crippen LogP contribution in [0.1, 0.15) is 38.9 Å². The Hall–Kier alpha value is -5.53. The summed E-state index contributed by atoms with van der Waals surface area (Å²) in [5, 5.41) is 20.6. The van der Waals surface area contributed by atoms with E-state index in [9.17, 15) is 14.4 Å². The van der Waals surface area contributed by atoms with Crippen molar-refractivity contribution in [1.82, 2.24) is 40.8 Å². The van der Waals surface area contributed by atoms with Gasteiger partial charge in [-0.05, 0) is 76.5 Å². The quantitative estimate of drug-likeness (QED) is 0.194. The molecule has 13 nitrogen and oxygen atoms in total. The van der Waals surface area contributed by atoms with Crippen LogP contribution < -0.4 is 16.0 Å². The lowest BCUT2D eigenvalue weighted by Crippen LogP contribution is -2.29. The van der Waals surface area contributed by atoms with Crippen molar-refractivity contribution < 1.29 is 19.1 Å². The number of benzene rings is 3. The topological polar surface area (TPSA) is 169 Å². The van der Waals surface area contributed by atoms with Crippen molar-refractivity contribution in [2.45, 2.75) is 19.0 Å². The molecule has 2 aromatic heterocycles. The molecular weight excluding hydrogens is 633 g/mol. The fourth-order valence-electron chi connectivity index (χ4n) is 5.02. The molecule has 1 aliphatic heterocycles. The Morgan fingerprint density at radius 3 is 2.78 bits per heavy atom. The maximum Gasteiger partial charge on any atom is 0.411 e. The van der Waals surface area contributed by atoms with E-state index in [1.165, 1.54) is 24.2 Å². The Labute approximate surface area is 272 Å². The van der Waals surface area contributed by atoms with Gasteiger partial charge in [-0.3, -0.25) is 14.9 Å². The normalized spacial score (nSPS) is 14.3. The molecular formula is C31H25Cl2N9O4. The molecule has 232 valence electrons. The minimum absolute atomic E-state index is 0.120. The molecule has 0 aliphatic carbocycles. The first-order valence-corrected chi connectivity index (χ1v) is 14.7. The second-order valence-electron chi connectivity index (χ2n) is 10.2. The molecule has 3 amide bonds. The Kier molecular flexibility index (Phi) is 8.76. The third-order valence-electron chi connectivity index (χ3n) is 7.18. The third-order valence-corrected chi connectivity index (χ3v) is 7.69. The summed E-state index contributed by atoms with van der Waals surface area (Å²) < 4.78 is 6.17. The van der Waals surface area contributed by atoms with Gasteiger partial charge in [-0.2, -0.15) is 4.68 Å². The summed E-state index contributed by atoms with van der Waals surface area (Å²) in [5.41, 5.74) is 4.60. The van der Waals surface area contributed by atoms with Gasteiger partial charge >= 0.3 is 6.09 Å². The number of hydrogen-bond acceptors (Lipinski definition) is 8. The van der Waals surface area contributed by atoms with Crippen molar-refractivity contribution in [2.24, 2.45) is 0 Å². The SMILES string of the molecule is COC(=O)Nc1ccc2c(c1)CNC(=O)c1cccc(c1)C[C@H](NC(=O)/C=C/c1cc(Cl)ccc1-n1cnnn1)c1nc-2c(Cl)[nH]1. The second kappa shape index (κ2) is 13.2. The van der Waals surface area contributed by atoms with Crippen molar-refractivity contribution in [2.75, 3.05) is 12.4 Å². The minimum Gasteiger partial charge on any atom is -0.453 e. The number of halogens is 2. The average molecular weight is 659 g/mol. The number of nitrogens with one attached hydrogen (secondary N) is 4. The largest absolute Gasteiger partial charge is 0.453 e. The minimum atomic E-state index is -0.662. The van der Waals surface area contributed by atoms with Crippen LogP contribution in [-0.2, 0) is 22.5 Å². The number of H-pyrrole nitrogens is 1. The van der Waals surface area contributed by atoms with E-state index < -0.39 is 18.0 Å². The van der Waals surface area contributed by atoms with Crippen molar-refractivity contribution in [1.29, 1.82) is 0 Å². The van der Waals surface area contributed by atoms with Crippen LogP contribution in [0.4, 0.5) is 10.5 Å². The second-order valence-corrected chi connectivity index (χ2v) is 11.0. The molecule has 6 rings (SSSR count). The summed E-state index contributed by atoms with van der Waals surface area (Å²) in [5.74, 6) is -0.306. The Morgan fingerprint density at radius 1 is 1.11 bits per heavy atom. The number of amides is 3. The molecule has 3 aromatic carbocycles. The van der Waals surface area contributed by atoms with Gasteiger partial charge < -0.3 is 20.4 Å². The Balaban J connectivity index is 1.36. The number of aromatic amines is 1. The molecule has 15 heteroatoms. The summed E-state index contributed by atoms with van der Waals surface area (Å²) in [6.07, 6.45) is 4.08. The smallest absolute Gasteiger partial charge is 0.411 e. The molecule has 0 spiro atoms. The number of tetrazole rings is 1. The van der Waals surface area contributed by atoms with Gasteiger partial charge in [0, 0.05) is 40.0 Å². The van der Waals surface area contributed by atoms with Gasteiger partial charge in [-0.1, -0.05) is 41.4 Å². The average Bonchev–Trinajstić information content (AvgIpc) is 3.72. The fourth-order valence-corrected chi connectivity index (χ4v) is 5.45. The number of aromatic nitrogens is 6. The number of anilines is 1. The van der Waals surface area contributed by atoms with Crippen molar-refractivity contribution in [3.63, 3.8) is 0 Å². The van der Waals surface area contributed by atoms with Crippen molar-refractivity contribution in [3.05, 3.63) is 111 Å². The van der Waals surface area contributed by atoms with Crippen LogP contribution in [-0.4, -0.2) is 55.2 Å². The highest BCUT2D eigenvalue weighted by atomic mass is 35.5. The first-order chi connectivity index (χ1) is 22.3. The van der Waals surface area contributed by atoms with Crippen LogP contribution in [0.2, 0.25) is 10.2 Å². The van der Waals surface area contributed by atoms with E-state index in [0.717, 1.165) is 5.56 Å². The summed E-state index contributed by atoms with van der Waals surface area (Å²) >= 11 is 12.9. The summed E-state index contributed by atoms with van der Waals surface area (Å²) in [6.45, 7) is 0.120. The molecule has 3 heterocycles. The third kappa shape index (κ3) is 6.75. The zero-order valence-electron chi connectivity index (χ0n) is 24.1. The van der Waals surface area contributed by atoms with Gasteiger partial charge in [-0.25, -0.2) is 9.78 Å². The van der Waals surface area contributed by atoms with E-state index in [-0.39, 0.29) is 17.6 Å². The summed E-state index contributed by atoms with van der Waals surface area (Å²) in [4.78, 5) is 46.3. The molecule has 0 fully saturated rings. The molecule has 0 radical (unpaired) electrons. The predicted molar refractivity (Wildman–Crippen MR) is 170 cm³/mol. The van der Waals surface area contributed by atoms with Gasteiger partial charge in [0.05, 0.1) is 18.8 Å². The molecule has 4 bridgehead atoms. The first-order valence-electron chi connectivity index (χ1n) is 13.9. The highest BCUT2D eigenvalue weighted by Crippen LogP contribution is 2.33. The van der Waals surface area contributed by atoms with Crippen LogP contribution in [0, 0.1) is 0 Å². The molecule has 1 atom stereocenters. The lowest BCUT2D eigenvalue weighted by Gasteiger charge is -2.16. The maximum absolute atomic E-state index is 13.4. The molecule has 0 saturated heterocycles. The fraction of sp³-hybridized carbons (Fsp3) is 0.129. The number of methoxy groups -OCH3 is 1. The number of ether oxygens (including phenoxy) is 1. The standard InChI is InChI=1S/C31H25Cl2N9O4/c1-46-31(45)36-22-7-8-23-20(14-22)15-34-30(44)19-4-2-3-17(11-19)12-24(29-38-27(23)28(33)39-29)37-26(43)10-5-18-13-21(32)6-9-25(18)42-16-35-40-41-42/h2-11,13-14,16,24H,12,15H2,1H3,(H,34,44)(H,36,45)(H,37,43)(H,38,39)/b10-5+/t24-/m0/s1. The van der Waals surface area contributed by atoms with E-state index in [1.807, 2.05) is 6.07 Å². The predicted octanol–water partition coefficient (Wildman–Crippen LogP) is 4.89. The van der Waals surface area contributed by atoms with Gasteiger partial charge in [-0.15, -0.1) is 5.10 Å². The van der Waals surface area contributed by atoms with Crippen molar-refractivity contribution in [3.8, 4) is 16.9 Å². The van der Waals surface area contributed by atoms with Crippen molar-refractivity contribution >= 4 is 52.9 Å². The van der Waals surface area contributed by atoms with Gasteiger partial charge in [0.2, 0.25) is 5.91 Å². The number of nitrogens with zero attached hydrogens (tertiary/aromatic N) is 5. The van der Waals surface area contributed by atoms with E-state index in [2.05, 4.69) is 36.5 Å². The molecule has 5 aromatic rings. The summed E-state index contributed by atoms with van der Waals surface area (Å²) in [7, 11) is 1.27. The highest BCUT2D eigenvalue weighted by molar-refractivity contribution is 6.32. The Bertz CT molecular complexity index is 1970. The monoisotopic (exact) mass is 657 g/mol. The lowest BCUT2D eigenvalue weighted by atomic mass is 10.0. The van der Waals surface area contributed by atoms with E-state index in [1.54, 1.807) is 60.7 Å². The van der Waals surface area contributed by atoms with Crippen LogP contribution >= 0.6 is 23.2 Å². The maximum atomic E-state index is 13.4. The number of fused-ring (bicyclic) bond motifs is 6.